The van der Waals surface area contributed by atoms with Gasteiger partial charge in [0, 0.05) is 38.9 Å². The first-order valence-electron chi connectivity index (χ1n) is 9.59. The Morgan fingerprint density at radius 3 is 2.65 bits per heavy atom. The molecule has 1 amide bonds. The highest BCUT2D eigenvalue weighted by atomic mass is 16.5. The summed E-state index contributed by atoms with van der Waals surface area (Å²) >= 11 is 0. The zero-order chi connectivity index (χ0) is 18.1. The van der Waals surface area contributed by atoms with Gasteiger partial charge in [0.2, 0.25) is 0 Å². The van der Waals surface area contributed by atoms with E-state index in [0.29, 0.717) is 29.4 Å². The summed E-state index contributed by atoms with van der Waals surface area (Å²) in [6, 6.07) is 3.62. The number of morpholine rings is 1. The van der Waals surface area contributed by atoms with Gasteiger partial charge >= 0.3 is 0 Å². The monoisotopic (exact) mass is 357 g/mol. The maximum Gasteiger partial charge on any atom is 0.273 e. The van der Waals surface area contributed by atoms with Gasteiger partial charge in [0.15, 0.2) is 0 Å². The van der Waals surface area contributed by atoms with Gasteiger partial charge < -0.3 is 14.1 Å². The standard InChI is InChI=1S/C20H27N3O3/c1-14-11-22(12-15(2)26-14)13-16-4-8-23(9-5-16)20(24)19-17-6-10-25-18(17)3-7-21-19/h3,6-7,10,14-16H,4-5,8-9,11-13H2,1-2H3/t14-,15+. The second kappa shape index (κ2) is 7.37. The molecule has 0 unspecified atom stereocenters. The van der Waals surface area contributed by atoms with Gasteiger partial charge in [-0.2, -0.15) is 0 Å². The van der Waals surface area contributed by atoms with Crippen molar-refractivity contribution in [1.82, 2.24) is 14.8 Å². The molecule has 2 saturated heterocycles. The minimum Gasteiger partial charge on any atom is -0.464 e. The molecule has 0 radical (unpaired) electrons. The number of furan rings is 1. The summed E-state index contributed by atoms with van der Waals surface area (Å²) in [5.41, 5.74) is 1.22. The van der Waals surface area contributed by atoms with E-state index in [1.807, 2.05) is 11.0 Å². The van der Waals surface area contributed by atoms with E-state index in [4.69, 9.17) is 9.15 Å². The van der Waals surface area contributed by atoms with Gasteiger partial charge in [-0.15, -0.1) is 0 Å². The van der Waals surface area contributed by atoms with Crippen LogP contribution in [0.4, 0.5) is 0 Å². The van der Waals surface area contributed by atoms with Crippen LogP contribution in [-0.2, 0) is 4.74 Å². The van der Waals surface area contributed by atoms with E-state index in [-0.39, 0.29) is 5.91 Å². The van der Waals surface area contributed by atoms with Gasteiger partial charge in [-0.1, -0.05) is 0 Å². The summed E-state index contributed by atoms with van der Waals surface area (Å²) in [6.45, 7) is 9.02. The van der Waals surface area contributed by atoms with Crippen molar-refractivity contribution in [2.45, 2.75) is 38.9 Å². The molecule has 2 aliphatic rings. The van der Waals surface area contributed by atoms with Crippen molar-refractivity contribution >= 4 is 16.9 Å². The molecule has 4 rings (SSSR count). The van der Waals surface area contributed by atoms with Gasteiger partial charge in [-0.25, -0.2) is 0 Å². The molecule has 2 atom stereocenters. The second-order valence-electron chi connectivity index (χ2n) is 7.70. The number of pyridine rings is 1. The molecule has 0 aromatic carbocycles. The number of piperidine rings is 1. The lowest BCUT2D eigenvalue weighted by atomic mass is 9.95. The van der Waals surface area contributed by atoms with Crippen LogP contribution in [0.3, 0.4) is 0 Å². The minimum atomic E-state index is 0.0177. The summed E-state index contributed by atoms with van der Waals surface area (Å²) < 4.78 is 11.2. The fraction of sp³-hybridized carbons (Fsp3) is 0.600. The molecule has 6 heteroatoms. The van der Waals surface area contributed by atoms with E-state index in [2.05, 4.69) is 23.7 Å². The van der Waals surface area contributed by atoms with Crippen LogP contribution < -0.4 is 0 Å². The van der Waals surface area contributed by atoms with Crippen LogP contribution in [0.15, 0.2) is 29.0 Å². The molecule has 0 spiro atoms. The van der Waals surface area contributed by atoms with Crippen LogP contribution in [0.2, 0.25) is 0 Å². The van der Waals surface area contributed by atoms with Crippen molar-refractivity contribution in [1.29, 1.82) is 0 Å². The molecule has 0 saturated carbocycles. The molecule has 2 aliphatic heterocycles. The fourth-order valence-electron chi connectivity index (χ4n) is 4.33. The maximum absolute atomic E-state index is 12.9. The molecule has 2 fully saturated rings. The Morgan fingerprint density at radius 2 is 1.92 bits per heavy atom. The van der Waals surface area contributed by atoms with Gasteiger partial charge in [0.1, 0.15) is 11.3 Å². The average molecular weight is 357 g/mol. The number of likely N-dealkylation sites (tertiary alicyclic amines) is 1. The Morgan fingerprint density at radius 1 is 1.19 bits per heavy atom. The molecule has 140 valence electrons. The summed E-state index contributed by atoms with van der Waals surface area (Å²) in [7, 11) is 0. The molecule has 6 nitrogen and oxygen atoms in total. The highest BCUT2D eigenvalue weighted by Gasteiger charge is 2.29. The van der Waals surface area contributed by atoms with E-state index in [1.165, 1.54) is 0 Å². The predicted molar refractivity (Wildman–Crippen MR) is 99.1 cm³/mol. The molecule has 26 heavy (non-hydrogen) atoms. The summed E-state index contributed by atoms with van der Waals surface area (Å²) in [4.78, 5) is 21.7. The molecule has 0 bridgehead atoms. The van der Waals surface area contributed by atoms with Gasteiger partial charge in [0.25, 0.3) is 5.91 Å². The van der Waals surface area contributed by atoms with Gasteiger partial charge in [-0.3, -0.25) is 14.7 Å². The van der Waals surface area contributed by atoms with Crippen molar-refractivity contribution in [2.75, 3.05) is 32.7 Å². The number of aromatic nitrogens is 1. The molecular formula is C20H27N3O3. The number of hydrogen-bond donors (Lipinski definition) is 0. The van der Waals surface area contributed by atoms with E-state index in [0.717, 1.165) is 51.0 Å². The molecule has 0 aliphatic carbocycles. The third-order valence-corrected chi connectivity index (χ3v) is 5.50. The maximum atomic E-state index is 12.9. The molecule has 0 N–H and O–H groups in total. The third kappa shape index (κ3) is 3.62. The Bertz CT molecular complexity index is 757. The second-order valence-corrected chi connectivity index (χ2v) is 7.70. The molecular weight excluding hydrogens is 330 g/mol. The first-order chi connectivity index (χ1) is 12.6. The zero-order valence-corrected chi connectivity index (χ0v) is 15.6. The largest absolute Gasteiger partial charge is 0.464 e. The van der Waals surface area contributed by atoms with Crippen LogP contribution in [0.25, 0.3) is 11.0 Å². The van der Waals surface area contributed by atoms with Crippen LogP contribution >= 0.6 is 0 Å². The topological polar surface area (TPSA) is 58.8 Å². The molecule has 2 aromatic rings. The van der Waals surface area contributed by atoms with Crippen molar-refractivity contribution in [3.63, 3.8) is 0 Å². The van der Waals surface area contributed by atoms with Crippen molar-refractivity contribution in [3.8, 4) is 0 Å². The van der Waals surface area contributed by atoms with E-state index in [1.54, 1.807) is 18.5 Å². The zero-order valence-electron chi connectivity index (χ0n) is 15.6. The van der Waals surface area contributed by atoms with Crippen LogP contribution in [0.5, 0.6) is 0 Å². The molecule has 2 aromatic heterocycles. The first kappa shape index (κ1) is 17.5. The highest BCUT2D eigenvalue weighted by molar-refractivity contribution is 6.03. The number of nitrogens with zero attached hydrogens (tertiary/aromatic N) is 3. The van der Waals surface area contributed by atoms with Gasteiger partial charge in [-0.05, 0) is 44.7 Å². The SMILES string of the molecule is C[C@@H]1CN(CC2CCN(C(=O)c3nccc4occc34)CC2)C[C@H](C)O1. The highest BCUT2D eigenvalue weighted by Crippen LogP contribution is 2.24. The predicted octanol–water partition coefficient (Wildman–Crippen LogP) is 2.79. The first-order valence-corrected chi connectivity index (χ1v) is 9.59. The normalized spacial score (nSPS) is 25.7. The summed E-state index contributed by atoms with van der Waals surface area (Å²) in [5, 5.41) is 0.802. The number of carbonyl (C=O) groups is 1. The average Bonchev–Trinajstić information content (AvgIpc) is 3.09. The lowest BCUT2D eigenvalue weighted by Gasteiger charge is -2.39. The fourth-order valence-corrected chi connectivity index (χ4v) is 4.33. The van der Waals surface area contributed by atoms with Crippen molar-refractivity contribution < 1.29 is 13.9 Å². The number of fused-ring (bicyclic) bond motifs is 1. The Balaban J connectivity index is 1.35. The van der Waals surface area contributed by atoms with Crippen molar-refractivity contribution in [3.05, 3.63) is 30.3 Å². The third-order valence-electron chi connectivity index (χ3n) is 5.50. The van der Waals surface area contributed by atoms with Crippen LogP contribution in [0.1, 0.15) is 37.2 Å². The number of hydrogen-bond acceptors (Lipinski definition) is 5. The Kier molecular flexibility index (Phi) is 4.96. The number of ether oxygens (including phenoxy) is 1. The number of carbonyl (C=O) groups excluding carboxylic acids is 1. The number of amides is 1. The minimum absolute atomic E-state index is 0.0177. The van der Waals surface area contributed by atoms with E-state index < -0.39 is 0 Å². The number of rotatable bonds is 3. The molecule has 4 heterocycles. The Labute approximate surface area is 154 Å². The lowest BCUT2D eigenvalue weighted by Crippen LogP contribution is -2.48. The quantitative estimate of drug-likeness (QED) is 0.845. The summed E-state index contributed by atoms with van der Waals surface area (Å²) in [6.07, 6.45) is 5.97. The Hall–Kier alpha value is -1.92. The smallest absolute Gasteiger partial charge is 0.273 e. The van der Waals surface area contributed by atoms with Crippen molar-refractivity contribution in [2.24, 2.45) is 5.92 Å². The van der Waals surface area contributed by atoms with Crippen LogP contribution in [-0.4, -0.2) is 65.6 Å². The summed E-state index contributed by atoms with van der Waals surface area (Å²) in [5.74, 6) is 0.665. The van der Waals surface area contributed by atoms with Crippen LogP contribution in [0, 0.1) is 5.92 Å². The lowest BCUT2D eigenvalue weighted by molar-refractivity contribution is -0.0728. The van der Waals surface area contributed by atoms with E-state index in [9.17, 15) is 4.79 Å². The van der Waals surface area contributed by atoms with E-state index >= 15 is 0 Å². The van der Waals surface area contributed by atoms with Gasteiger partial charge in [0.05, 0.1) is 23.9 Å².